The molecule has 1 atom stereocenters. The summed E-state index contributed by atoms with van der Waals surface area (Å²) in [5.74, 6) is 0.683. The molecular formula is C12H17N5O2. The fourth-order valence-corrected chi connectivity index (χ4v) is 1.73. The molecule has 1 heterocycles. The second-order valence-electron chi connectivity index (χ2n) is 4.26. The fraction of sp³-hybridized carbons (Fsp3) is 0.333. The van der Waals surface area contributed by atoms with Gasteiger partial charge in [-0.3, -0.25) is 10.3 Å². The van der Waals surface area contributed by atoms with Crippen LogP contribution in [0.25, 0.3) is 0 Å². The molecule has 1 aliphatic heterocycles. The standard InChI is InChI=1S/C12H17N5O2/c1-7-15-11(13)17-12(16-7)14-5-4-8-2-3-9(18)10(19)6-8/h2-3,6-7,18-19H,4-5H2,1H3,(H4,13,14,15,16,17)/t7-/m0/s1. The van der Waals surface area contributed by atoms with E-state index < -0.39 is 0 Å². The minimum absolute atomic E-state index is 0.0993. The maximum Gasteiger partial charge on any atom is 0.199 e. The first-order valence-electron chi connectivity index (χ1n) is 5.97. The molecule has 1 aromatic rings. The molecule has 1 aromatic carbocycles. The van der Waals surface area contributed by atoms with Gasteiger partial charge in [-0.1, -0.05) is 6.07 Å². The van der Waals surface area contributed by atoms with Crippen molar-refractivity contribution in [3.63, 3.8) is 0 Å². The lowest BCUT2D eigenvalue weighted by molar-refractivity contribution is 0.403. The van der Waals surface area contributed by atoms with Gasteiger partial charge in [-0.05, 0) is 31.0 Å². The monoisotopic (exact) mass is 263 g/mol. The highest BCUT2D eigenvalue weighted by atomic mass is 16.3. The van der Waals surface area contributed by atoms with Gasteiger partial charge in [0.05, 0.1) is 0 Å². The van der Waals surface area contributed by atoms with Crippen molar-refractivity contribution in [2.45, 2.75) is 19.5 Å². The summed E-state index contributed by atoms with van der Waals surface area (Å²) < 4.78 is 0. The summed E-state index contributed by atoms with van der Waals surface area (Å²) in [6.07, 6.45) is 0.546. The van der Waals surface area contributed by atoms with E-state index in [1.165, 1.54) is 12.1 Å². The average Bonchev–Trinajstić information content (AvgIpc) is 2.32. The second kappa shape index (κ2) is 5.47. The molecule has 0 saturated carbocycles. The van der Waals surface area contributed by atoms with Crippen molar-refractivity contribution >= 4 is 11.9 Å². The van der Waals surface area contributed by atoms with E-state index in [1.54, 1.807) is 6.07 Å². The van der Waals surface area contributed by atoms with Crippen molar-refractivity contribution in [2.24, 2.45) is 15.7 Å². The van der Waals surface area contributed by atoms with E-state index in [1.807, 2.05) is 6.92 Å². The molecule has 0 radical (unpaired) electrons. The number of aromatic hydroxyl groups is 2. The molecule has 102 valence electrons. The van der Waals surface area contributed by atoms with Crippen LogP contribution in [0.3, 0.4) is 0 Å². The number of phenols is 2. The summed E-state index contributed by atoms with van der Waals surface area (Å²) in [6.45, 7) is 2.40. The van der Waals surface area contributed by atoms with Gasteiger partial charge in [-0.15, -0.1) is 0 Å². The molecule has 0 aromatic heterocycles. The maximum atomic E-state index is 9.37. The van der Waals surface area contributed by atoms with Gasteiger partial charge < -0.3 is 21.3 Å². The number of hydrogen-bond donors (Lipinski definition) is 5. The smallest absolute Gasteiger partial charge is 0.199 e. The van der Waals surface area contributed by atoms with Crippen molar-refractivity contribution < 1.29 is 10.2 Å². The molecule has 0 amide bonds. The van der Waals surface area contributed by atoms with Gasteiger partial charge in [0.1, 0.15) is 6.17 Å². The maximum absolute atomic E-state index is 9.37. The lowest BCUT2D eigenvalue weighted by Gasteiger charge is -2.20. The van der Waals surface area contributed by atoms with Crippen molar-refractivity contribution in [3.05, 3.63) is 23.8 Å². The molecule has 0 aliphatic carbocycles. The zero-order valence-corrected chi connectivity index (χ0v) is 10.6. The molecule has 0 saturated heterocycles. The summed E-state index contributed by atoms with van der Waals surface area (Å²) >= 11 is 0. The van der Waals surface area contributed by atoms with Crippen LogP contribution >= 0.6 is 0 Å². The third-order valence-electron chi connectivity index (χ3n) is 2.64. The first kappa shape index (κ1) is 13.0. The molecule has 2 rings (SSSR count). The summed E-state index contributed by atoms with van der Waals surface area (Å²) in [5.41, 5.74) is 6.49. The Balaban J connectivity index is 1.92. The number of hydrogen-bond acceptors (Lipinski definition) is 5. The molecule has 0 unspecified atom stereocenters. The van der Waals surface area contributed by atoms with Crippen LogP contribution in [0.15, 0.2) is 28.2 Å². The summed E-state index contributed by atoms with van der Waals surface area (Å²) in [6, 6.07) is 4.73. The fourth-order valence-electron chi connectivity index (χ4n) is 1.73. The Morgan fingerprint density at radius 2 is 2.16 bits per heavy atom. The Bertz CT molecular complexity index is 527. The van der Waals surface area contributed by atoms with Crippen molar-refractivity contribution in [2.75, 3.05) is 6.54 Å². The lowest BCUT2D eigenvalue weighted by atomic mass is 10.1. The van der Waals surface area contributed by atoms with Crippen molar-refractivity contribution in [1.29, 1.82) is 0 Å². The SMILES string of the molecule is C[C@H]1N=C(N)NC(=NCCc2ccc(O)c(O)c2)N1. The minimum atomic E-state index is -0.122. The molecule has 0 spiro atoms. The van der Waals surface area contributed by atoms with Gasteiger partial charge in [0.2, 0.25) is 0 Å². The minimum Gasteiger partial charge on any atom is -0.504 e. The van der Waals surface area contributed by atoms with Gasteiger partial charge in [0.15, 0.2) is 23.4 Å². The third kappa shape index (κ3) is 3.51. The highest BCUT2D eigenvalue weighted by Gasteiger charge is 2.11. The Hall–Kier alpha value is -2.44. The van der Waals surface area contributed by atoms with E-state index in [0.29, 0.717) is 24.9 Å². The van der Waals surface area contributed by atoms with Crippen LogP contribution < -0.4 is 16.4 Å². The lowest BCUT2D eigenvalue weighted by Crippen LogP contribution is -2.52. The number of nitrogens with one attached hydrogen (secondary N) is 2. The van der Waals surface area contributed by atoms with E-state index in [4.69, 9.17) is 5.73 Å². The normalized spacial score (nSPS) is 20.6. The van der Waals surface area contributed by atoms with Crippen LogP contribution in [0.2, 0.25) is 0 Å². The Morgan fingerprint density at radius 1 is 1.37 bits per heavy atom. The number of guanidine groups is 2. The summed E-state index contributed by atoms with van der Waals surface area (Å²) in [7, 11) is 0. The number of benzene rings is 1. The molecule has 19 heavy (non-hydrogen) atoms. The van der Waals surface area contributed by atoms with Gasteiger partial charge in [0.25, 0.3) is 0 Å². The molecule has 1 aliphatic rings. The van der Waals surface area contributed by atoms with E-state index in [2.05, 4.69) is 20.6 Å². The molecule has 7 heteroatoms. The number of aliphatic imine (C=N–C) groups is 2. The highest BCUT2D eigenvalue weighted by Crippen LogP contribution is 2.24. The van der Waals surface area contributed by atoms with E-state index in [0.717, 1.165) is 5.56 Å². The average molecular weight is 263 g/mol. The van der Waals surface area contributed by atoms with Crippen LogP contribution in [0.5, 0.6) is 11.5 Å². The number of nitrogens with zero attached hydrogens (tertiary/aromatic N) is 2. The Kier molecular flexibility index (Phi) is 3.74. The van der Waals surface area contributed by atoms with Crippen LogP contribution in [0.1, 0.15) is 12.5 Å². The second-order valence-corrected chi connectivity index (χ2v) is 4.26. The van der Waals surface area contributed by atoms with Crippen molar-refractivity contribution in [3.8, 4) is 11.5 Å². The Morgan fingerprint density at radius 3 is 2.84 bits per heavy atom. The van der Waals surface area contributed by atoms with Crippen LogP contribution in [0.4, 0.5) is 0 Å². The van der Waals surface area contributed by atoms with Gasteiger partial charge in [0, 0.05) is 6.54 Å². The van der Waals surface area contributed by atoms with E-state index in [-0.39, 0.29) is 17.7 Å². The van der Waals surface area contributed by atoms with Gasteiger partial charge in [-0.25, -0.2) is 4.99 Å². The van der Waals surface area contributed by atoms with E-state index >= 15 is 0 Å². The topological polar surface area (TPSA) is 115 Å². The molecule has 0 fully saturated rings. The highest BCUT2D eigenvalue weighted by molar-refractivity contribution is 5.99. The zero-order chi connectivity index (χ0) is 13.8. The van der Waals surface area contributed by atoms with Gasteiger partial charge in [-0.2, -0.15) is 0 Å². The zero-order valence-electron chi connectivity index (χ0n) is 10.6. The molecule has 0 bridgehead atoms. The largest absolute Gasteiger partial charge is 0.504 e. The predicted octanol–water partition coefficient (Wildman–Crippen LogP) is -0.150. The molecule has 6 N–H and O–H groups in total. The van der Waals surface area contributed by atoms with Gasteiger partial charge >= 0.3 is 0 Å². The summed E-state index contributed by atoms with van der Waals surface area (Å²) in [4.78, 5) is 8.37. The number of rotatable bonds is 3. The van der Waals surface area contributed by atoms with Crippen molar-refractivity contribution in [1.82, 2.24) is 10.6 Å². The quantitative estimate of drug-likeness (QED) is 0.486. The molecule has 7 nitrogen and oxygen atoms in total. The van der Waals surface area contributed by atoms with Crippen LogP contribution in [0, 0.1) is 0 Å². The Labute approximate surface area is 110 Å². The van der Waals surface area contributed by atoms with Crippen LogP contribution in [-0.4, -0.2) is 34.8 Å². The predicted molar refractivity (Wildman–Crippen MR) is 73.1 cm³/mol. The first-order valence-corrected chi connectivity index (χ1v) is 5.97. The number of nitrogens with two attached hydrogens (primary N) is 1. The first-order chi connectivity index (χ1) is 9.04. The third-order valence-corrected chi connectivity index (χ3v) is 2.64. The number of phenolic OH excluding ortho intramolecular Hbond substituents is 2. The van der Waals surface area contributed by atoms with E-state index in [9.17, 15) is 10.2 Å². The van der Waals surface area contributed by atoms with Crippen LogP contribution in [-0.2, 0) is 6.42 Å². The summed E-state index contributed by atoms with van der Waals surface area (Å²) in [5, 5.41) is 24.4. The molecular weight excluding hydrogens is 246 g/mol.